The summed E-state index contributed by atoms with van der Waals surface area (Å²) in [5, 5.41) is 3.70. The highest BCUT2D eigenvalue weighted by Gasteiger charge is 2.16. The van der Waals surface area contributed by atoms with Crippen molar-refractivity contribution >= 4 is 11.6 Å². The van der Waals surface area contributed by atoms with Gasteiger partial charge in [0.15, 0.2) is 0 Å². The summed E-state index contributed by atoms with van der Waals surface area (Å²) in [6.45, 7) is 1.88. The molecular weight excluding hydrogens is 216 g/mol. The highest BCUT2D eigenvalue weighted by molar-refractivity contribution is 6.31. The van der Waals surface area contributed by atoms with Gasteiger partial charge in [0.05, 0.1) is 13.3 Å². The van der Waals surface area contributed by atoms with E-state index in [0.29, 0.717) is 16.7 Å². The molecule has 4 nitrogen and oxygen atoms in total. The van der Waals surface area contributed by atoms with Gasteiger partial charge in [-0.3, -0.25) is 0 Å². The van der Waals surface area contributed by atoms with Gasteiger partial charge in [0.2, 0.25) is 5.88 Å². The zero-order valence-corrected chi connectivity index (χ0v) is 9.25. The molecular formula is C10H13ClN2O2. The molecule has 0 bridgehead atoms. The van der Waals surface area contributed by atoms with E-state index in [4.69, 9.17) is 21.1 Å². The maximum Gasteiger partial charge on any atom is 0.232 e. The Morgan fingerprint density at radius 3 is 3.07 bits per heavy atom. The summed E-state index contributed by atoms with van der Waals surface area (Å²) in [6.07, 6.45) is 2.86. The Hall–Kier alpha value is -1.00. The second-order valence-corrected chi connectivity index (χ2v) is 3.80. The molecule has 0 unspecified atom stereocenters. The minimum Gasteiger partial charge on any atom is -0.487 e. The minimum atomic E-state index is 0.219. The van der Waals surface area contributed by atoms with Crippen LogP contribution in [0, 0.1) is 0 Å². The van der Waals surface area contributed by atoms with Crippen LogP contribution in [0.25, 0.3) is 0 Å². The fraction of sp³-hybridized carbons (Fsp3) is 0.500. The van der Waals surface area contributed by atoms with Crippen LogP contribution in [0.1, 0.15) is 6.42 Å². The van der Waals surface area contributed by atoms with Crippen molar-refractivity contribution < 1.29 is 9.47 Å². The predicted octanol–water partition coefficient (Wildman–Crippen LogP) is 1.48. The van der Waals surface area contributed by atoms with Crippen LogP contribution in [0.2, 0.25) is 5.02 Å². The smallest absolute Gasteiger partial charge is 0.232 e. The molecule has 1 N–H and O–H groups in total. The molecule has 1 fully saturated rings. The lowest BCUT2D eigenvalue weighted by Crippen LogP contribution is -2.19. The molecule has 0 amide bonds. The second-order valence-electron chi connectivity index (χ2n) is 3.39. The Morgan fingerprint density at radius 1 is 1.60 bits per heavy atom. The van der Waals surface area contributed by atoms with Crippen LogP contribution < -0.4 is 14.8 Å². The van der Waals surface area contributed by atoms with E-state index in [2.05, 4.69) is 10.3 Å². The van der Waals surface area contributed by atoms with Crippen LogP contribution in [-0.2, 0) is 0 Å². The summed E-state index contributed by atoms with van der Waals surface area (Å²) in [4.78, 5) is 4.04. The first-order valence-corrected chi connectivity index (χ1v) is 5.24. The number of rotatable bonds is 3. The van der Waals surface area contributed by atoms with E-state index in [1.807, 2.05) is 0 Å². The van der Waals surface area contributed by atoms with Gasteiger partial charge in [-0.2, -0.15) is 0 Å². The molecule has 1 aromatic heterocycles. The van der Waals surface area contributed by atoms with Gasteiger partial charge < -0.3 is 14.8 Å². The summed E-state index contributed by atoms with van der Waals surface area (Å²) in [5.41, 5.74) is 0. The van der Waals surface area contributed by atoms with Gasteiger partial charge in [-0.15, -0.1) is 0 Å². The lowest BCUT2D eigenvalue weighted by atomic mass is 10.3. The van der Waals surface area contributed by atoms with E-state index >= 15 is 0 Å². The predicted molar refractivity (Wildman–Crippen MR) is 57.7 cm³/mol. The SMILES string of the molecule is COc1ncc(O[C@H]2CCNC2)cc1Cl. The van der Waals surface area contributed by atoms with Gasteiger partial charge in [-0.1, -0.05) is 11.6 Å². The summed E-state index contributed by atoms with van der Waals surface area (Å²) in [7, 11) is 1.54. The number of halogens is 1. The number of hydrogen-bond acceptors (Lipinski definition) is 4. The Morgan fingerprint density at radius 2 is 2.47 bits per heavy atom. The molecule has 0 aliphatic carbocycles. The minimum absolute atomic E-state index is 0.219. The van der Waals surface area contributed by atoms with Crippen LogP contribution in [0.5, 0.6) is 11.6 Å². The molecule has 0 spiro atoms. The van der Waals surface area contributed by atoms with Crippen molar-refractivity contribution in [2.75, 3.05) is 20.2 Å². The second kappa shape index (κ2) is 4.68. The maximum absolute atomic E-state index is 5.93. The van der Waals surface area contributed by atoms with Crippen molar-refractivity contribution in [3.8, 4) is 11.6 Å². The number of nitrogens with one attached hydrogen (secondary N) is 1. The monoisotopic (exact) mass is 228 g/mol. The number of nitrogens with zero attached hydrogens (tertiary/aromatic N) is 1. The zero-order chi connectivity index (χ0) is 10.7. The Bertz CT molecular complexity index is 340. The van der Waals surface area contributed by atoms with Crippen molar-refractivity contribution in [1.82, 2.24) is 10.3 Å². The van der Waals surface area contributed by atoms with Crippen molar-refractivity contribution in [3.63, 3.8) is 0 Å². The van der Waals surface area contributed by atoms with Crippen LogP contribution in [0.3, 0.4) is 0 Å². The van der Waals surface area contributed by atoms with Gasteiger partial charge in [-0.05, 0) is 13.0 Å². The van der Waals surface area contributed by atoms with Gasteiger partial charge in [-0.25, -0.2) is 4.98 Å². The molecule has 2 heterocycles. The zero-order valence-electron chi connectivity index (χ0n) is 8.50. The number of pyridine rings is 1. The van der Waals surface area contributed by atoms with Gasteiger partial charge in [0.25, 0.3) is 0 Å². The summed E-state index contributed by atoms with van der Waals surface area (Å²) in [5.74, 6) is 1.11. The van der Waals surface area contributed by atoms with E-state index < -0.39 is 0 Å². The fourth-order valence-electron chi connectivity index (χ4n) is 1.54. The van der Waals surface area contributed by atoms with Crippen LogP contribution in [0.4, 0.5) is 0 Å². The topological polar surface area (TPSA) is 43.4 Å². The highest BCUT2D eigenvalue weighted by atomic mass is 35.5. The average molecular weight is 229 g/mol. The molecule has 82 valence electrons. The van der Waals surface area contributed by atoms with E-state index in [-0.39, 0.29) is 6.10 Å². The van der Waals surface area contributed by atoms with Crippen molar-refractivity contribution in [2.24, 2.45) is 0 Å². The third kappa shape index (κ3) is 2.52. The highest BCUT2D eigenvalue weighted by Crippen LogP contribution is 2.26. The molecule has 1 atom stereocenters. The molecule has 5 heteroatoms. The van der Waals surface area contributed by atoms with Crippen molar-refractivity contribution in [1.29, 1.82) is 0 Å². The third-order valence-electron chi connectivity index (χ3n) is 2.29. The molecule has 1 aromatic rings. The summed E-state index contributed by atoms with van der Waals surface area (Å²) < 4.78 is 10.6. The molecule has 0 radical (unpaired) electrons. The van der Waals surface area contributed by atoms with Gasteiger partial charge >= 0.3 is 0 Å². The van der Waals surface area contributed by atoms with E-state index in [1.54, 1.807) is 12.3 Å². The maximum atomic E-state index is 5.93. The summed E-state index contributed by atoms with van der Waals surface area (Å²) in [6, 6.07) is 1.73. The quantitative estimate of drug-likeness (QED) is 0.851. The summed E-state index contributed by atoms with van der Waals surface area (Å²) >= 11 is 5.93. The van der Waals surface area contributed by atoms with Crippen LogP contribution in [-0.4, -0.2) is 31.3 Å². The van der Waals surface area contributed by atoms with Crippen LogP contribution in [0.15, 0.2) is 12.3 Å². The molecule has 1 saturated heterocycles. The normalized spacial score (nSPS) is 20.3. The molecule has 0 aromatic carbocycles. The van der Waals surface area contributed by atoms with Crippen molar-refractivity contribution in [2.45, 2.75) is 12.5 Å². The Balaban J connectivity index is 2.05. The Kier molecular flexibility index (Phi) is 3.28. The third-order valence-corrected chi connectivity index (χ3v) is 2.56. The number of hydrogen-bond donors (Lipinski definition) is 1. The molecule has 15 heavy (non-hydrogen) atoms. The fourth-order valence-corrected chi connectivity index (χ4v) is 1.78. The lowest BCUT2D eigenvalue weighted by molar-refractivity contribution is 0.221. The Labute approximate surface area is 93.6 Å². The van der Waals surface area contributed by atoms with E-state index in [9.17, 15) is 0 Å². The molecule has 0 saturated carbocycles. The lowest BCUT2D eigenvalue weighted by Gasteiger charge is -2.12. The first kappa shape index (κ1) is 10.5. The van der Waals surface area contributed by atoms with E-state index in [0.717, 1.165) is 19.5 Å². The average Bonchev–Trinajstić information content (AvgIpc) is 2.71. The number of methoxy groups -OCH3 is 1. The van der Waals surface area contributed by atoms with Gasteiger partial charge in [0, 0.05) is 12.6 Å². The molecule has 1 aliphatic rings. The van der Waals surface area contributed by atoms with E-state index in [1.165, 1.54) is 7.11 Å². The first-order chi connectivity index (χ1) is 7.29. The number of aromatic nitrogens is 1. The van der Waals surface area contributed by atoms with Crippen molar-refractivity contribution in [3.05, 3.63) is 17.3 Å². The number of ether oxygens (including phenoxy) is 2. The molecule has 1 aliphatic heterocycles. The first-order valence-electron chi connectivity index (χ1n) is 4.86. The standard InChI is InChI=1S/C10H13ClN2O2/c1-14-10-9(11)4-8(6-13-10)15-7-2-3-12-5-7/h4,6-7,12H,2-3,5H2,1H3/t7-/m0/s1. The van der Waals surface area contributed by atoms with Gasteiger partial charge in [0.1, 0.15) is 16.9 Å². The van der Waals surface area contributed by atoms with Crippen LogP contribution >= 0.6 is 11.6 Å². The molecule has 2 rings (SSSR count). The largest absolute Gasteiger partial charge is 0.487 e.